The molecule has 0 aliphatic rings. The number of fused-ring (bicyclic) bond motifs is 1. The van der Waals surface area contributed by atoms with E-state index in [-0.39, 0.29) is 6.54 Å². The Balaban J connectivity index is 1.57. The Hall–Kier alpha value is -4.77. The number of rotatable bonds is 6. The van der Waals surface area contributed by atoms with Crippen molar-refractivity contribution in [2.75, 3.05) is 11.9 Å². The molecule has 0 unspecified atom stereocenters. The largest absolute Gasteiger partial charge is 0.455 e. The number of anilines is 2. The van der Waals surface area contributed by atoms with Crippen LogP contribution in [-0.4, -0.2) is 33.2 Å². The number of hydrogen-bond donors (Lipinski definition) is 2. The third kappa shape index (κ3) is 5.53. The van der Waals surface area contributed by atoms with Crippen molar-refractivity contribution in [1.29, 1.82) is 0 Å². The van der Waals surface area contributed by atoms with Gasteiger partial charge in [-0.25, -0.2) is 9.97 Å². The number of amides is 1. The summed E-state index contributed by atoms with van der Waals surface area (Å²) < 4.78 is 5.90. The number of nitrogens with zero attached hydrogens (tertiary/aromatic N) is 3. The lowest BCUT2D eigenvalue weighted by atomic mass is 10.2. The monoisotopic (exact) mass is 451 g/mol. The molecule has 4 aromatic rings. The number of Topliss-reactive ketones (excluding diaryl/α,β-unsaturated/α-hetero) is 1. The number of carbonyl (C=O) groups excluding carboxylic acids is 2. The molecule has 0 saturated carbocycles. The molecular formula is C26H21N5O3. The zero-order chi connectivity index (χ0) is 23.9. The smallest absolute Gasteiger partial charge is 0.287 e. The number of para-hydroxylation sites is 1. The van der Waals surface area contributed by atoms with Crippen molar-refractivity contribution >= 4 is 34.1 Å². The van der Waals surface area contributed by atoms with Gasteiger partial charge in [-0.05, 0) is 60.9 Å². The van der Waals surface area contributed by atoms with E-state index in [0.29, 0.717) is 17.4 Å². The van der Waals surface area contributed by atoms with Gasteiger partial charge in [-0.2, -0.15) is 0 Å². The van der Waals surface area contributed by atoms with Gasteiger partial charge in [-0.3, -0.25) is 14.6 Å². The van der Waals surface area contributed by atoms with Gasteiger partial charge < -0.3 is 15.4 Å². The van der Waals surface area contributed by atoms with Crippen LogP contribution >= 0.6 is 0 Å². The second-order valence-corrected chi connectivity index (χ2v) is 7.35. The molecule has 168 valence electrons. The molecule has 0 saturated heterocycles. The molecule has 0 radical (unpaired) electrons. The van der Waals surface area contributed by atoms with Crippen LogP contribution in [0.1, 0.15) is 18.3 Å². The molecule has 0 bridgehead atoms. The molecule has 2 aromatic carbocycles. The Kier molecular flexibility index (Phi) is 6.75. The fraction of sp³-hybridized carbons (Fsp3) is 0.115. The van der Waals surface area contributed by atoms with Gasteiger partial charge in [0.25, 0.3) is 5.91 Å². The standard InChI is InChI=1S/C26H21N5O3/c1-17-15-19(11-12-23(17)34-20-7-5-13-27-16-20)29-25-21-8-3-4-9-22(21)30-24(31-25)10-6-14-28-26(33)18(2)32/h3-5,7-9,11-13,15-16H,14H2,1-2H3,(H,28,33)(H,29,30,31). The van der Waals surface area contributed by atoms with E-state index < -0.39 is 11.7 Å². The van der Waals surface area contributed by atoms with Crippen molar-refractivity contribution in [2.45, 2.75) is 13.8 Å². The van der Waals surface area contributed by atoms with Gasteiger partial charge in [0.1, 0.15) is 17.3 Å². The van der Waals surface area contributed by atoms with Crippen LogP contribution in [0.4, 0.5) is 11.5 Å². The third-order valence-corrected chi connectivity index (χ3v) is 4.76. The first-order valence-electron chi connectivity index (χ1n) is 10.5. The minimum Gasteiger partial charge on any atom is -0.455 e. The third-order valence-electron chi connectivity index (χ3n) is 4.76. The van der Waals surface area contributed by atoms with Crippen LogP contribution in [0.15, 0.2) is 67.0 Å². The van der Waals surface area contributed by atoms with E-state index in [2.05, 4.69) is 37.4 Å². The summed E-state index contributed by atoms with van der Waals surface area (Å²) in [6.07, 6.45) is 3.35. The summed E-state index contributed by atoms with van der Waals surface area (Å²) in [5.41, 5.74) is 2.49. The molecule has 8 heteroatoms. The van der Waals surface area contributed by atoms with E-state index >= 15 is 0 Å². The first kappa shape index (κ1) is 22.4. The molecule has 0 atom stereocenters. The summed E-state index contributed by atoms with van der Waals surface area (Å²) in [4.78, 5) is 35.5. The van der Waals surface area contributed by atoms with Crippen LogP contribution in [0.3, 0.4) is 0 Å². The Bertz CT molecular complexity index is 1430. The molecule has 8 nitrogen and oxygen atoms in total. The van der Waals surface area contributed by atoms with Gasteiger partial charge in [0, 0.05) is 24.2 Å². The molecule has 0 aliphatic carbocycles. The van der Waals surface area contributed by atoms with E-state index in [0.717, 1.165) is 27.9 Å². The van der Waals surface area contributed by atoms with E-state index in [1.54, 1.807) is 12.4 Å². The van der Waals surface area contributed by atoms with E-state index in [1.165, 1.54) is 6.92 Å². The highest BCUT2D eigenvalue weighted by molar-refractivity contribution is 6.35. The van der Waals surface area contributed by atoms with Crippen LogP contribution in [-0.2, 0) is 9.59 Å². The zero-order valence-corrected chi connectivity index (χ0v) is 18.6. The first-order chi connectivity index (χ1) is 16.5. The highest BCUT2D eigenvalue weighted by Gasteiger charge is 2.09. The number of pyridine rings is 1. The van der Waals surface area contributed by atoms with Crippen molar-refractivity contribution in [3.63, 3.8) is 0 Å². The van der Waals surface area contributed by atoms with E-state index in [4.69, 9.17) is 4.74 Å². The number of benzene rings is 2. The minimum atomic E-state index is -0.678. The lowest BCUT2D eigenvalue weighted by Crippen LogP contribution is -2.29. The lowest BCUT2D eigenvalue weighted by Gasteiger charge is -2.12. The molecule has 0 aliphatic heterocycles. The molecule has 0 fully saturated rings. The maximum atomic E-state index is 11.4. The summed E-state index contributed by atoms with van der Waals surface area (Å²) in [6.45, 7) is 3.18. The molecular weight excluding hydrogens is 430 g/mol. The Morgan fingerprint density at radius 1 is 1.06 bits per heavy atom. The van der Waals surface area contributed by atoms with E-state index in [9.17, 15) is 9.59 Å². The number of aromatic nitrogens is 3. The maximum Gasteiger partial charge on any atom is 0.287 e. The normalized spacial score (nSPS) is 10.2. The van der Waals surface area contributed by atoms with Crippen LogP contribution in [0, 0.1) is 18.8 Å². The van der Waals surface area contributed by atoms with Gasteiger partial charge >= 0.3 is 0 Å². The Labute approximate surface area is 196 Å². The average molecular weight is 451 g/mol. The SMILES string of the molecule is CC(=O)C(=O)NCC#Cc1nc(Nc2ccc(Oc3cccnc3)c(C)c2)c2ccccc2n1. The zero-order valence-electron chi connectivity index (χ0n) is 18.6. The molecule has 2 aromatic heterocycles. The topological polar surface area (TPSA) is 106 Å². The van der Waals surface area contributed by atoms with Crippen molar-refractivity contribution in [3.8, 4) is 23.3 Å². The van der Waals surface area contributed by atoms with Crippen molar-refractivity contribution < 1.29 is 14.3 Å². The number of hydrogen-bond acceptors (Lipinski definition) is 7. The fourth-order valence-corrected chi connectivity index (χ4v) is 3.11. The molecule has 0 spiro atoms. The molecule has 2 N–H and O–H groups in total. The predicted octanol–water partition coefficient (Wildman–Crippen LogP) is 3.93. The summed E-state index contributed by atoms with van der Waals surface area (Å²) in [7, 11) is 0. The number of ether oxygens (including phenoxy) is 1. The number of nitrogens with one attached hydrogen (secondary N) is 2. The quantitative estimate of drug-likeness (QED) is 0.338. The lowest BCUT2D eigenvalue weighted by molar-refractivity contribution is -0.136. The number of ketones is 1. The second kappa shape index (κ2) is 10.2. The van der Waals surface area contributed by atoms with Crippen molar-refractivity contribution in [1.82, 2.24) is 20.3 Å². The second-order valence-electron chi connectivity index (χ2n) is 7.35. The van der Waals surface area contributed by atoms with Gasteiger partial charge in [0.15, 0.2) is 0 Å². The van der Waals surface area contributed by atoms with Gasteiger partial charge in [-0.15, -0.1) is 0 Å². The van der Waals surface area contributed by atoms with Crippen molar-refractivity contribution in [3.05, 3.63) is 78.4 Å². The Morgan fingerprint density at radius 2 is 1.91 bits per heavy atom. The summed E-state index contributed by atoms with van der Waals surface area (Å²) in [5, 5.41) is 6.60. The fourth-order valence-electron chi connectivity index (χ4n) is 3.11. The predicted molar refractivity (Wildman–Crippen MR) is 129 cm³/mol. The molecule has 1 amide bonds. The van der Waals surface area contributed by atoms with Gasteiger partial charge in [0.05, 0.1) is 18.3 Å². The highest BCUT2D eigenvalue weighted by atomic mass is 16.5. The van der Waals surface area contributed by atoms with Crippen LogP contribution < -0.4 is 15.4 Å². The van der Waals surface area contributed by atoms with Crippen molar-refractivity contribution in [2.24, 2.45) is 0 Å². The van der Waals surface area contributed by atoms with Gasteiger partial charge in [-0.1, -0.05) is 18.1 Å². The number of aryl methyl sites for hydroxylation is 1. The molecule has 2 heterocycles. The summed E-state index contributed by atoms with van der Waals surface area (Å²) in [6, 6.07) is 17.0. The van der Waals surface area contributed by atoms with Gasteiger partial charge in [0.2, 0.25) is 11.6 Å². The summed E-state index contributed by atoms with van der Waals surface area (Å²) in [5.74, 6) is 6.66. The highest BCUT2D eigenvalue weighted by Crippen LogP contribution is 2.29. The molecule has 4 rings (SSSR count). The molecule has 34 heavy (non-hydrogen) atoms. The Morgan fingerprint density at radius 3 is 2.68 bits per heavy atom. The van der Waals surface area contributed by atoms with Crippen LogP contribution in [0.2, 0.25) is 0 Å². The van der Waals surface area contributed by atoms with Crippen LogP contribution in [0.25, 0.3) is 10.9 Å². The summed E-state index contributed by atoms with van der Waals surface area (Å²) >= 11 is 0. The maximum absolute atomic E-state index is 11.4. The van der Waals surface area contributed by atoms with E-state index in [1.807, 2.05) is 61.5 Å². The minimum absolute atomic E-state index is 0.0228. The number of carbonyl (C=O) groups is 2. The first-order valence-corrected chi connectivity index (χ1v) is 10.5. The van der Waals surface area contributed by atoms with Crippen LogP contribution in [0.5, 0.6) is 11.5 Å². The average Bonchev–Trinajstić information content (AvgIpc) is 2.84.